The lowest BCUT2D eigenvalue weighted by Gasteiger charge is -2.15. The summed E-state index contributed by atoms with van der Waals surface area (Å²) >= 11 is 16.1. The third kappa shape index (κ3) is 1.92. The first-order valence-electron chi connectivity index (χ1n) is 2.54. The van der Waals surface area contributed by atoms with Gasteiger partial charge < -0.3 is 9.47 Å². The Labute approximate surface area is 77.8 Å². The van der Waals surface area contributed by atoms with Crippen molar-refractivity contribution in [1.29, 1.82) is 0 Å². The third-order valence-corrected chi connectivity index (χ3v) is 1.49. The second-order valence-corrected chi connectivity index (χ2v) is 4.19. The molecule has 11 heavy (non-hydrogen) atoms. The molecule has 1 saturated heterocycles. The zero-order chi connectivity index (χ0) is 8.65. The molecule has 62 valence electrons. The summed E-state index contributed by atoms with van der Waals surface area (Å²) in [4.78, 5) is 10.6. The fraction of sp³-hybridized carbons (Fsp3) is 0.400. The van der Waals surface area contributed by atoms with Crippen LogP contribution in [0.25, 0.3) is 0 Å². The van der Waals surface area contributed by atoms with Gasteiger partial charge in [0.2, 0.25) is 5.76 Å². The molecule has 0 unspecified atom stereocenters. The van der Waals surface area contributed by atoms with Gasteiger partial charge in [0.25, 0.3) is 10.1 Å². The lowest BCUT2D eigenvalue weighted by Crippen LogP contribution is -2.26. The number of alkyl halides is 3. The van der Waals surface area contributed by atoms with E-state index in [1.807, 2.05) is 0 Å². The number of carbonyl (C=O) groups excluding carboxylic acids is 1. The van der Waals surface area contributed by atoms with Crippen LogP contribution in [-0.4, -0.2) is 16.1 Å². The number of hydrogen-bond acceptors (Lipinski definition) is 3. The first-order chi connectivity index (χ1) is 4.91. The van der Waals surface area contributed by atoms with E-state index < -0.39 is 16.1 Å². The number of carbonyl (C=O) groups is 1. The van der Waals surface area contributed by atoms with E-state index in [1.165, 1.54) is 0 Å². The van der Waals surface area contributed by atoms with Crippen LogP contribution in [0.5, 0.6) is 0 Å². The van der Waals surface area contributed by atoms with Gasteiger partial charge in [0.1, 0.15) is 0 Å². The predicted molar refractivity (Wildman–Crippen MR) is 40.4 cm³/mol. The summed E-state index contributed by atoms with van der Waals surface area (Å²) in [5.41, 5.74) is 0. The maximum absolute atomic E-state index is 10.6. The van der Waals surface area contributed by atoms with Gasteiger partial charge in [0.05, 0.1) is 0 Å². The Morgan fingerprint density at radius 2 is 1.91 bits per heavy atom. The second kappa shape index (κ2) is 2.73. The second-order valence-electron chi connectivity index (χ2n) is 1.82. The average Bonchev–Trinajstić information content (AvgIpc) is 2.11. The highest BCUT2D eigenvalue weighted by atomic mass is 35.6. The fourth-order valence-electron chi connectivity index (χ4n) is 0.498. The first kappa shape index (κ1) is 8.97. The molecule has 0 bridgehead atoms. The van der Waals surface area contributed by atoms with Crippen LogP contribution in [0.15, 0.2) is 12.3 Å². The summed E-state index contributed by atoms with van der Waals surface area (Å²) in [7, 11) is 0. The van der Waals surface area contributed by atoms with Crippen molar-refractivity contribution in [2.24, 2.45) is 0 Å². The van der Waals surface area contributed by atoms with Crippen LogP contribution in [-0.2, 0) is 14.3 Å². The molecule has 1 fully saturated rings. The SMILES string of the molecule is C=C1O[C@H](C(Cl)(Cl)Cl)OC1=O. The Morgan fingerprint density at radius 3 is 2.09 bits per heavy atom. The molecule has 0 saturated carbocycles. The highest BCUT2D eigenvalue weighted by Crippen LogP contribution is 2.36. The number of hydrogen-bond donors (Lipinski definition) is 0. The summed E-state index contributed by atoms with van der Waals surface area (Å²) < 4.78 is 7.39. The average molecular weight is 217 g/mol. The standard InChI is InChI=1S/C5H3Cl3O3/c1-2-3(9)11-4(10-2)5(6,7)8/h4H,1H2/t4-/m0/s1. The minimum Gasteiger partial charge on any atom is -0.443 e. The van der Waals surface area contributed by atoms with Crippen LogP contribution in [0.2, 0.25) is 0 Å². The molecule has 0 aromatic carbocycles. The molecule has 6 heteroatoms. The summed E-state index contributed by atoms with van der Waals surface area (Å²) in [5.74, 6) is -0.859. The van der Waals surface area contributed by atoms with E-state index in [2.05, 4.69) is 16.1 Å². The van der Waals surface area contributed by atoms with Gasteiger partial charge in [0, 0.05) is 0 Å². The maximum Gasteiger partial charge on any atom is 0.376 e. The molecular weight excluding hydrogens is 214 g/mol. The van der Waals surface area contributed by atoms with Crippen LogP contribution in [0.3, 0.4) is 0 Å². The smallest absolute Gasteiger partial charge is 0.376 e. The first-order valence-corrected chi connectivity index (χ1v) is 3.68. The number of esters is 1. The predicted octanol–water partition coefficient (Wildman–Crippen LogP) is 1.77. The Bertz CT molecular complexity index is 192. The Morgan fingerprint density at radius 1 is 1.36 bits per heavy atom. The summed E-state index contributed by atoms with van der Waals surface area (Å²) in [6.07, 6.45) is -1.19. The highest BCUT2D eigenvalue weighted by molar-refractivity contribution is 6.68. The summed E-state index contributed by atoms with van der Waals surface area (Å²) in [6, 6.07) is 0. The van der Waals surface area contributed by atoms with E-state index in [0.717, 1.165) is 0 Å². The van der Waals surface area contributed by atoms with E-state index in [1.54, 1.807) is 0 Å². The van der Waals surface area contributed by atoms with Gasteiger partial charge in [-0.1, -0.05) is 34.8 Å². The molecule has 0 aliphatic carbocycles. The van der Waals surface area contributed by atoms with Crippen molar-refractivity contribution in [2.45, 2.75) is 10.1 Å². The molecule has 1 aliphatic heterocycles. The van der Waals surface area contributed by atoms with Crippen LogP contribution >= 0.6 is 34.8 Å². The third-order valence-electron chi connectivity index (χ3n) is 0.958. The molecule has 0 radical (unpaired) electrons. The van der Waals surface area contributed by atoms with Gasteiger partial charge in [-0.25, -0.2) is 4.79 Å². The highest BCUT2D eigenvalue weighted by Gasteiger charge is 2.44. The number of halogens is 3. The van der Waals surface area contributed by atoms with Gasteiger partial charge in [-0.3, -0.25) is 0 Å². The van der Waals surface area contributed by atoms with Crippen molar-refractivity contribution < 1.29 is 14.3 Å². The van der Waals surface area contributed by atoms with E-state index in [-0.39, 0.29) is 5.76 Å². The van der Waals surface area contributed by atoms with Crippen molar-refractivity contribution in [3.8, 4) is 0 Å². The van der Waals surface area contributed by atoms with Crippen LogP contribution in [0.1, 0.15) is 0 Å². The molecule has 3 nitrogen and oxygen atoms in total. The van der Waals surface area contributed by atoms with Crippen LogP contribution < -0.4 is 0 Å². The molecule has 0 amide bonds. The van der Waals surface area contributed by atoms with Crippen LogP contribution in [0.4, 0.5) is 0 Å². The number of ether oxygens (including phenoxy) is 2. The zero-order valence-corrected chi connectivity index (χ0v) is 7.41. The van der Waals surface area contributed by atoms with Gasteiger partial charge >= 0.3 is 5.97 Å². The Balaban J connectivity index is 2.68. The Hall–Kier alpha value is -0.120. The molecule has 1 heterocycles. The van der Waals surface area contributed by atoms with E-state index in [4.69, 9.17) is 34.8 Å². The number of rotatable bonds is 0. The number of cyclic esters (lactones) is 1. The van der Waals surface area contributed by atoms with Crippen molar-refractivity contribution in [3.63, 3.8) is 0 Å². The monoisotopic (exact) mass is 216 g/mol. The van der Waals surface area contributed by atoms with Crippen molar-refractivity contribution in [3.05, 3.63) is 12.3 Å². The maximum atomic E-state index is 10.6. The summed E-state index contributed by atoms with van der Waals surface area (Å²) in [6.45, 7) is 3.23. The largest absolute Gasteiger partial charge is 0.443 e. The van der Waals surface area contributed by atoms with Gasteiger partial charge in [0.15, 0.2) is 0 Å². The molecule has 1 atom stereocenters. The summed E-state index contributed by atoms with van der Waals surface area (Å²) in [5, 5.41) is 0. The van der Waals surface area contributed by atoms with Crippen molar-refractivity contribution in [1.82, 2.24) is 0 Å². The van der Waals surface area contributed by atoms with E-state index in [9.17, 15) is 4.79 Å². The molecule has 1 rings (SSSR count). The Kier molecular flexibility index (Phi) is 2.23. The molecule has 0 aromatic rings. The van der Waals surface area contributed by atoms with Gasteiger partial charge in [-0.2, -0.15) is 0 Å². The zero-order valence-electron chi connectivity index (χ0n) is 5.14. The van der Waals surface area contributed by atoms with Crippen molar-refractivity contribution >= 4 is 40.8 Å². The van der Waals surface area contributed by atoms with Gasteiger partial charge in [-0.05, 0) is 6.58 Å². The normalized spacial score (nSPS) is 24.8. The van der Waals surface area contributed by atoms with E-state index in [0.29, 0.717) is 0 Å². The topological polar surface area (TPSA) is 35.5 Å². The molecule has 0 aromatic heterocycles. The molecule has 1 aliphatic rings. The minimum atomic E-state index is -1.77. The fourth-order valence-corrected chi connectivity index (χ4v) is 0.765. The van der Waals surface area contributed by atoms with Crippen molar-refractivity contribution in [2.75, 3.05) is 0 Å². The molecule has 0 N–H and O–H groups in total. The lowest BCUT2D eigenvalue weighted by molar-refractivity contribution is -0.142. The molecular formula is C5H3Cl3O3. The lowest BCUT2D eigenvalue weighted by atomic mass is 10.6. The molecule has 0 spiro atoms. The van der Waals surface area contributed by atoms with E-state index >= 15 is 0 Å². The minimum absolute atomic E-state index is 0.152. The quantitative estimate of drug-likeness (QED) is 0.352. The van der Waals surface area contributed by atoms with Crippen LogP contribution in [0, 0.1) is 0 Å². The van der Waals surface area contributed by atoms with Gasteiger partial charge in [-0.15, -0.1) is 0 Å².